The molecule has 0 bridgehead atoms. The highest BCUT2D eigenvalue weighted by molar-refractivity contribution is 5.34. The zero-order chi connectivity index (χ0) is 15.5. The van der Waals surface area contributed by atoms with Crippen LogP contribution in [0, 0.1) is 0 Å². The number of rotatable bonds is 5. The van der Waals surface area contributed by atoms with Crippen LogP contribution in [0.15, 0.2) is 22.7 Å². The van der Waals surface area contributed by atoms with Gasteiger partial charge in [0, 0.05) is 31.9 Å². The van der Waals surface area contributed by atoms with Gasteiger partial charge >= 0.3 is 0 Å². The molecule has 6 heteroatoms. The second-order valence-corrected chi connectivity index (χ2v) is 5.82. The number of aliphatic hydroxyl groups excluding tert-OH is 1. The molecule has 0 saturated carbocycles. The Morgan fingerprint density at radius 1 is 1.36 bits per heavy atom. The molecule has 2 N–H and O–H groups in total. The van der Waals surface area contributed by atoms with Crippen molar-refractivity contribution >= 4 is 5.95 Å². The lowest BCUT2D eigenvalue weighted by molar-refractivity contribution is 0.242. The Bertz CT molecular complexity index is 639. The first-order valence-electron chi connectivity index (χ1n) is 7.62. The third kappa shape index (κ3) is 3.13. The van der Waals surface area contributed by atoms with Crippen molar-refractivity contribution < 1.29 is 9.52 Å². The molecular weight excluding hydrogens is 280 g/mol. The summed E-state index contributed by atoms with van der Waals surface area (Å²) in [6, 6.07) is 3.95. The summed E-state index contributed by atoms with van der Waals surface area (Å²) in [7, 11) is 3.91. The molecule has 0 aliphatic heterocycles. The van der Waals surface area contributed by atoms with Crippen LogP contribution >= 0.6 is 0 Å². The number of hydrogen-bond acceptors (Lipinski definition) is 6. The summed E-state index contributed by atoms with van der Waals surface area (Å²) in [5.41, 5.74) is 2.32. The molecule has 1 unspecified atom stereocenters. The molecule has 118 valence electrons. The van der Waals surface area contributed by atoms with E-state index in [1.165, 1.54) is 5.56 Å². The normalized spacial score (nSPS) is 17.3. The lowest BCUT2D eigenvalue weighted by Crippen LogP contribution is -2.26. The van der Waals surface area contributed by atoms with Gasteiger partial charge in [-0.1, -0.05) is 0 Å². The fourth-order valence-corrected chi connectivity index (χ4v) is 2.79. The summed E-state index contributed by atoms with van der Waals surface area (Å²) >= 11 is 0. The minimum absolute atomic E-state index is 0.0621. The van der Waals surface area contributed by atoms with Crippen LogP contribution in [0.3, 0.4) is 0 Å². The minimum Gasteiger partial charge on any atom is -0.462 e. The predicted octanol–water partition coefficient (Wildman–Crippen LogP) is 1.80. The monoisotopic (exact) mass is 302 g/mol. The smallest absolute Gasteiger partial charge is 0.225 e. The Labute approximate surface area is 130 Å². The van der Waals surface area contributed by atoms with Crippen LogP contribution in [0.2, 0.25) is 0 Å². The first-order chi connectivity index (χ1) is 10.7. The molecule has 0 saturated heterocycles. The molecule has 1 aliphatic carbocycles. The highest BCUT2D eigenvalue weighted by atomic mass is 16.4. The number of aromatic nitrogens is 2. The fourth-order valence-electron chi connectivity index (χ4n) is 2.79. The quantitative estimate of drug-likeness (QED) is 0.877. The SMILES string of the molecule is CN(C)c1ncc2c(n1)CCCC2NCc1ccc(CO)o1. The lowest BCUT2D eigenvalue weighted by atomic mass is 9.92. The van der Waals surface area contributed by atoms with E-state index in [0.717, 1.165) is 36.7 Å². The standard InChI is InChI=1S/C16H22N4O2/c1-20(2)16-18-9-13-14(4-3-5-15(13)19-16)17-8-11-6-7-12(10-21)22-11/h6-7,9,14,17,21H,3-5,8,10H2,1-2H3. The van der Waals surface area contributed by atoms with Crippen molar-refractivity contribution in [2.75, 3.05) is 19.0 Å². The molecular formula is C16H22N4O2. The van der Waals surface area contributed by atoms with Crippen molar-refractivity contribution in [3.05, 3.63) is 41.1 Å². The van der Waals surface area contributed by atoms with Gasteiger partial charge < -0.3 is 19.7 Å². The lowest BCUT2D eigenvalue weighted by Gasteiger charge is -2.26. The van der Waals surface area contributed by atoms with Crippen LogP contribution in [-0.4, -0.2) is 29.2 Å². The van der Waals surface area contributed by atoms with E-state index in [0.29, 0.717) is 12.3 Å². The molecule has 0 spiro atoms. The second-order valence-electron chi connectivity index (χ2n) is 5.82. The van der Waals surface area contributed by atoms with Gasteiger partial charge in [-0.25, -0.2) is 9.97 Å². The number of hydrogen-bond donors (Lipinski definition) is 2. The topological polar surface area (TPSA) is 74.4 Å². The van der Waals surface area contributed by atoms with Gasteiger partial charge in [0.15, 0.2) is 0 Å². The van der Waals surface area contributed by atoms with E-state index in [2.05, 4.69) is 15.3 Å². The van der Waals surface area contributed by atoms with Crippen molar-refractivity contribution in [2.45, 2.75) is 38.5 Å². The second kappa shape index (κ2) is 6.46. The number of aliphatic hydroxyl groups is 1. The van der Waals surface area contributed by atoms with E-state index in [1.54, 1.807) is 6.07 Å². The van der Waals surface area contributed by atoms with Gasteiger partial charge in [0.05, 0.1) is 12.2 Å². The van der Waals surface area contributed by atoms with Crippen molar-refractivity contribution in [1.29, 1.82) is 0 Å². The first kappa shape index (κ1) is 15.0. The molecule has 22 heavy (non-hydrogen) atoms. The molecule has 0 aromatic carbocycles. The van der Waals surface area contributed by atoms with Crippen molar-refractivity contribution in [1.82, 2.24) is 15.3 Å². The van der Waals surface area contributed by atoms with Gasteiger partial charge in [-0.2, -0.15) is 0 Å². The number of nitrogens with one attached hydrogen (secondary N) is 1. The van der Waals surface area contributed by atoms with E-state index >= 15 is 0 Å². The third-order valence-electron chi connectivity index (χ3n) is 3.96. The molecule has 0 fully saturated rings. The van der Waals surface area contributed by atoms with E-state index in [1.807, 2.05) is 31.3 Å². The zero-order valence-electron chi connectivity index (χ0n) is 13.0. The average Bonchev–Trinajstić information content (AvgIpc) is 3.00. The van der Waals surface area contributed by atoms with Crippen molar-refractivity contribution in [2.24, 2.45) is 0 Å². The minimum atomic E-state index is -0.0621. The van der Waals surface area contributed by atoms with Gasteiger partial charge in [0.25, 0.3) is 0 Å². The molecule has 0 radical (unpaired) electrons. The summed E-state index contributed by atoms with van der Waals surface area (Å²) in [6.45, 7) is 0.576. The molecule has 1 aliphatic rings. The zero-order valence-corrected chi connectivity index (χ0v) is 13.0. The summed E-state index contributed by atoms with van der Waals surface area (Å²) in [5, 5.41) is 12.5. The fraction of sp³-hybridized carbons (Fsp3) is 0.500. The molecule has 3 rings (SSSR count). The van der Waals surface area contributed by atoms with Crippen molar-refractivity contribution in [3.63, 3.8) is 0 Å². The van der Waals surface area contributed by atoms with Gasteiger partial charge in [0.1, 0.15) is 18.1 Å². The Balaban J connectivity index is 1.71. The van der Waals surface area contributed by atoms with E-state index in [-0.39, 0.29) is 12.6 Å². The van der Waals surface area contributed by atoms with Crippen molar-refractivity contribution in [3.8, 4) is 0 Å². The van der Waals surface area contributed by atoms with Gasteiger partial charge in [-0.3, -0.25) is 0 Å². The highest BCUT2D eigenvalue weighted by Gasteiger charge is 2.22. The van der Waals surface area contributed by atoms with E-state index in [4.69, 9.17) is 9.52 Å². The van der Waals surface area contributed by atoms with Gasteiger partial charge in [-0.05, 0) is 31.4 Å². The first-order valence-corrected chi connectivity index (χ1v) is 7.62. The molecule has 0 amide bonds. The molecule has 2 aromatic rings. The van der Waals surface area contributed by atoms with E-state index in [9.17, 15) is 0 Å². The Morgan fingerprint density at radius 2 is 2.18 bits per heavy atom. The maximum Gasteiger partial charge on any atom is 0.225 e. The van der Waals surface area contributed by atoms with Crippen LogP contribution in [0.1, 0.15) is 41.7 Å². The molecule has 2 heterocycles. The number of fused-ring (bicyclic) bond motifs is 1. The Hall–Kier alpha value is -1.92. The molecule has 1 atom stereocenters. The number of furan rings is 1. The Morgan fingerprint density at radius 3 is 2.91 bits per heavy atom. The summed E-state index contributed by atoms with van der Waals surface area (Å²) in [6.07, 6.45) is 5.14. The van der Waals surface area contributed by atoms with Gasteiger partial charge in [0.2, 0.25) is 5.95 Å². The van der Waals surface area contributed by atoms with Crippen LogP contribution in [0.25, 0.3) is 0 Å². The summed E-state index contributed by atoms with van der Waals surface area (Å²) in [5.74, 6) is 2.19. The van der Waals surface area contributed by atoms with E-state index < -0.39 is 0 Å². The number of anilines is 1. The number of nitrogens with zero attached hydrogens (tertiary/aromatic N) is 3. The predicted molar refractivity (Wildman–Crippen MR) is 83.5 cm³/mol. The highest BCUT2D eigenvalue weighted by Crippen LogP contribution is 2.29. The average molecular weight is 302 g/mol. The third-order valence-corrected chi connectivity index (χ3v) is 3.96. The molecule has 2 aromatic heterocycles. The molecule has 6 nitrogen and oxygen atoms in total. The summed E-state index contributed by atoms with van der Waals surface area (Å²) in [4.78, 5) is 11.0. The van der Waals surface area contributed by atoms with Gasteiger partial charge in [-0.15, -0.1) is 0 Å². The number of aryl methyl sites for hydroxylation is 1. The van der Waals surface area contributed by atoms with Crippen LogP contribution in [0.5, 0.6) is 0 Å². The largest absolute Gasteiger partial charge is 0.462 e. The summed E-state index contributed by atoms with van der Waals surface area (Å²) < 4.78 is 5.51. The Kier molecular flexibility index (Phi) is 4.40. The van der Waals surface area contributed by atoms with Crippen LogP contribution in [0.4, 0.5) is 5.95 Å². The van der Waals surface area contributed by atoms with Crippen LogP contribution < -0.4 is 10.2 Å². The van der Waals surface area contributed by atoms with Crippen LogP contribution in [-0.2, 0) is 19.6 Å². The maximum atomic E-state index is 9.03. The maximum absolute atomic E-state index is 9.03.